The number of nitrogens with one attached hydrogen (secondary N) is 1. The Morgan fingerprint density at radius 2 is 2.11 bits per heavy atom. The van der Waals surface area contributed by atoms with Gasteiger partial charge >= 0.3 is 0 Å². The standard InChI is InChI=1S/C18H14ClN5OS2/c1-11-13(19)5-4-6-14(11)21-17-22-23-18(27-17)26-10-12-9-16(25)24-8-3-2-7-15(24)20-12/h2-9H,10H2,1H3,(H,21,22). The van der Waals surface area contributed by atoms with Crippen LogP contribution in [0, 0.1) is 6.92 Å². The maximum absolute atomic E-state index is 12.1. The number of rotatable bonds is 5. The molecule has 1 aromatic carbocycles. The van der Waals surface area contributed by atoms with Crippen molar-refractivity contribution in [1.29, 1.82) is 0 Å². The molecule has 3 heterocycles. The van der Waals surface area contributed by atoms with Crippen molar-refractivity contribution in [3.63, 3.8) is 0 Å². The molecule has 0 aliphatic carbocycles. The Hall–Kier alpha value is -2.42. The van der Waals surface area contributed by atoms with Crippen LogP contribution in [0.15, 0.2) is 57.8 Å². The molecule has 0 fully saturated rings. The zero-order valence-corrected chi connectivity index (χ0v) is 16.6. The Bertz CT molecular complexity index is 1170. The molecule has 9 heteroatoms. The summed E-state index contributed by atoms with van der Waals surface area (Å²) in [6, 6.07) is 12.7. The average molecular weight is 416 g/mol. The van der Waals surface area contributed by atoms with Crippen LogP contribution in [-0.4, -0.2) is 19.6 Å². The number of nitrogens with zero attached hydrogens (tertiary/aromatic N) is 4. The van der Waals surface area contributed by atoms with E-state index in [0.29, 0.717) is 27.2 Å². The first-order valence-corrected chi connectivity index (χ1v) is 10.2. The van der Waals surface area contributed by atoms with Gasteiger partial charge in [0.25, 0.3) is 5.56 Å². The van der Waals surface area contributed by atoms with E-state index in [1.807, 2.05) is 43.3 Å². The number of pyridine rings is 1. The molecule has 4 rings (SSSR count). The van der Waals surface area contributed by atoms with Crippen LogP contribution in [0.25, 0.3) is 5.65 Å². The first-order chi connectivity index (χ1) is 13.1. The predicted molar refractivity (Wildman–Crippen MR) is 110 cm³/mol. The molecule has 4 aromatic rings. The second-order valence-corrected chi connectivity index (χ2v) is 8.32. The molecule has 3 aromatic heterocycles. The summed E-state index contributed by atoms with van der Waals surface area (Å²) in [5.74, 6) is 0.547. The van der Waals surface area contributed by atoms with Gasteiger partial charge in [-0.25, -0.2) is 4.98 Å². The monoisotopic (exact) mass is 415 g/mol. The minimum absolute atomic E-state index is 0.0905. The Balaban J connectivity index is 1.47. The van der Waals surface area contributed by atoms with Gasteiger partial charge in [0, 0.05) is 28.7 Å². The summed E-state index contributed by atoms with van der Waals surface area (Å²) >= 11 is 9.09. The summed E-state index contributed by atoms with van der Waals surface area (Å²) in [6.07, 6.45) is 1.71. The third-order valence-electron chi connectivity index (χ3n) is 3.88. The van der Waals surface area contributed by atoms with Crippen LogP contribution in [0.3, 0.4) is 0 Å². The lowest BCUT2D eigenvalue weighted by atomic mass is 10.2. The summed E-state index contributed by atoms with van der Waals surface area (Å²) in [6.45, 7) is 1.95. The van der Waals surface area contributed by atoms with Gasteiger partial charge in [-0.2, -0.15) is 0 Å². The fourth-order valence-electron chi connectivity index (χ4n) is 2.49. The average Bonchev–Trinajstić information content (AvgIpc) is 3.11. The molecule has 0 aliphatic heterocycles. The number of fused-ring (bicyclic) bond motifs is 1. The highest BCUT2D eigenvalue weighted by Crippen LogP contribution is 2.31. The topological polar surface area (TPSA) is 72.2 Å². The van der Waals surface area contributed by atoms with Crippen molar-refractivity contribution in [2.24, 2.45) is 0 Å². The maximum atomic E-state index is 12.1. The number of hydrogen-bond donors (Lipinski definition) is 1. The van der Waals surface area contributed by atoms with Crippen LogP contribution in [0.1, 0.15) is 11.3 Å². The zero-order valence-electron chi connectivity index (χ0n) is 14.2. The van der Waals surface area contributed by atoms with Crippen molar-refractivity contribution in [2.75, 3.05) is 5.32 Å². The molecule has 0 bridgehead atoms. The molecule has 0 unspecified atom stereocenters. The van der Waals surface area contributed by atoms with Gasteiger partial charge in [0.05, 0.1) is 5.69 Å². The van der Waals surface area contributed by atoms with Crippen molar-refractivity contribution >= 4 is 51.2 Å². The molecule has 0 saturated carbocycles. The molecule has 0 aliphatic rings. The molecule has 0 radical (unpaired) electrons. The van der Waals surface area contributed by atoms with Crippen molar-refractivity contribution in [3.8, 4) is 0 Å². The van der Waals surface area contributed by atoms with Gasteiger partial charge in [-0.3, -0.25) is 9.20 Å². The lowest BCUT2D eigenvalue weighted by molar-refractivity contribution is 1.00. The number of hydrogen-bond acceptors (Lipinski definition) is 7. The van der Waals surface area contributed by atoms with E-state index in [1.165, 1.54) is 27.5 Å². The molecule has 27 heavy (non-hydrogen) atoms. The molecule has 0 atom stereocenters. The van der Waals surface area contributed by atoms with Gasteiger partial charge < -0.3 is 5.32 Å². The Morgan fingerprint density at radius 3 is 3.00 bits per heavy atom. The molecule has 136 valence electrons. The van der Waals surface area contributed by atoms with E-state index < -0.39 is 0 Å². The normalized spacial score (nSPS) is 11.0. The van der Waals surface area contributed by atoms with Crippen LogP contribution in [0.2, 0.25) is 5.02 Å². The molecule has 0 spiro atoms. The van der Waals surface area contributed by atoms with Crippen molar-refractivity contribution in [2.45, 2.75) is 17.0 Å². The molecule has 0 saturated heterocycles. The number of benzene rings is 1. The third-order valence-corrected chi connectivity index (χ3v) is 6.30. The second kappa shape index (κ2) is 7.67. The van der Waals surface area contributed by atoms with Crippen LogP contribution >= 0.6 is 34.7 Å². The van der Waals surface area contributed by atoms with Gasteiger partial charge in [0.2, 0.25) is 5.13 Å². The van der Waals surface area contributed by atoms with Gasteiger partial charge in [-0.15, -0.1) is 10.2 Å². The second-order valence-electron chi connectivity index (χ2n) is 5.71. The fraction of sp³-hybridized carbons (Fsp3) is 0.111. The summed E-state index contributed by atoms with van der Waals surface area (Å²) < 4.78 is 2.32. The highest BCUT2D eigenvalue weighted by Gasteiger charge is 2.09. The van der Waals surface area contributed by atoms with E-state index in [-0.39, 0.29) is 5.56 Å². The molecule has 1 N–H and O–H groups in total. The lowest BCUT2D eigenvalue weighted by Gasteiger charge is -2.06. The van der Waals surface area contributed by atoms with Crippen molar-refractivity contribution in [3.05, 3.63) is 75.3 Å². The van der Waals surface area contributed by atoms with Crippen LogP contribution in [-0.2, 0) is 5.75 Å². The fourth-order valence-corrected chi connectivity index (χ4v) is 4.32. The minimum atomic E-state index is -0.0905. The summed E-state index contributed by atoms with van der Waals surface area (Å²) in [4.78, 5) is 16.7. The predicted octanol–water partition coefficient (Wildman–Crippen LogP) is 4.54. The van der Waals surface area contributed by atoms with Crippen LogP contribution in [0.5, 0.6) is 0 Å². The van der Waals surface area contributed by atoms with E-state index in [9.17, 15) is 4.79 Å². The van der Waals surface area contributed by atoms with Gasteiger partial charge in [0.1, 0.15) is 5.65 Å². The molecular formula is C18H14ClN5OS2. The van der Waals surface area contributed by atoms with E-state index in [1.54, 1.807) is 12.3 Å². The smallest absolute Gasteiger partial charge is 0.258 e. The quantitative estimate of drug-likeness (QED) is 0.482. The lowest BCUT2D eigenvalue weighted by Crippen LogP contribution is -2.14. The first-order valence-electron chi connectivity index (χ1n) is 8.06. The molecule has 6 nitrogen and oxygen atoms in total. The highest BCUT2D eigenvalue weighted by atomic mass is 35.5. The van der Waals surface area contributed by atoms with Gasteiger partial charge in [0.15, 0.2) is 4.34 Å². The van der Waals surface area contributed by atoms with Gasteiger partial charge in [-0.05, 0) is 36.8 Å². The molecular weight excluding hydrogens is 402 g/mol. The first kappa shape index (κ1) is 18.0. The highest BCUT2D eigenvalue weighted by molar-refractivity contribution is 8.00. The summed E-state index contributed by atoms with van der Waals surface area (Å²) in [5.41, 5.74) is 3.12. The van der Waals surface area contributed by atoms with E-state index in [2.05, 4.69) is 20.5 Å². The number of thioether (sulfide) groups is 1. The van der Waals surface area contributed by atoms with Crippen LogP contribution < -0.4 is 10.9 Å². The SMILES string of the molecule is Cc1c(Cl)cccc1Nc1nnc(SCc2cc(=O)n3ccccc3n2)s1. The van der Waals surface area contributed by atoms with E-state index in [4.69, 9.17) is 11.6 Å². The van der Waals surface area contributed by atoms with Crippen molar-refractivity contribution in [1.82, 2.24) is 19.6 Å². The zero-order chi connectivity index (χ0) is 18.8. The number of anilines is 2. The summed E-state index contributed by atoms with van der Waals surface area (Å²) in [7, 11) is 0. The maximum Gasteiger partial charge on any atom is 0.258 e. The van der Waals surface area contributed by atoms with E-state index in [0.717, 1.165) is 15.6 Å². The largest absolute Gasteiger partial charge is 0.330 e. The Morgan fingerprint density at radius 1 is 1.22 bits per heavy atom. The Kier molecular flexibility index (Phi) is 5.11. The van der Waals surface area contributed by atoms with Gasteiger partial charge in [-0.1, -0.05) is 46.8 Å². The summed E-state index contributed by atoms with van der Waals surface area (Å²) in [5, 5.41) is 13.0. The van der Waals surface area contributed by atoms with E-state index >= 15 is 0 Å². The van der Waals surface area contributed by atoms with Crippen molar-refractivity contribution < 1.29 is 0 Å². The Labute approximate surface area is 168 Å². The number of halogens is 1. The minimum Gasteiger partial charge on any atom is -0.330 e. The molecule has 0 amide bonds. The third kappa shape index (κ3) is 3.97. The number of aromatic nitrogens is 4. The van der Waals surface area contributed by atoms with Crippen LogP contribution in [0.4, 0.5) is 10.8 Å².